The summed E-state index contributed by atoms with van der Waals surface area (Å²) in [6, 6.07) is 0. The van der Waals surface area contributed by atoms with E-state index in [1.807, 2.05) is 0 Å². The lowest BCUT2D eigenvalue weighted by molar-refractivity contribution is -0.137. The zero-order chi connectivity index (χ0) is 13.2. The van der Waals surface area contributed by atoms with Gasteiger partial charge < -0.3 is 4.74 Å². The average molecular weight is 254 g/mol. The number of hydrogen-bond acceptors (Lipinski definition) is 5. The first-order chi connectivity index (χ1) is 7.80. The Hall–Kier alpha value is -1.36. The highest BCUT2D eigenvalue weighted by Gasteiger charge is 2.42. The van der Waals surface area contributed by atoms with Gasteiger partial charge in [-0.2, -0.15) is 0 Å². The monoisotopic (exact) mass is 254 g/mol. The summed E-state index contributed by atoms with van der Waals surface area (Å²) in [7, 11) is 0. The van der Waals surface area contributed by atoms with Crippen LogP contribution in [-0.2, 0) is 19.1 Å². The van der Waals surface area contributed by atoms with E-state index < -0.39 is 10.7 Å². The summed E-state index contributed by atoms with van der Waals surface area (Å²) in [6.07, 6.45) is 2.34. The van der Waals surface area contributed by atoms with E-state index in [9.17, 15) is 14.4 Å². The van der Waals surface area contributed by atoms with Crippen LogP contribution < -0.4 is 0 Å². The van der Waals surface area contributed by atoms with Crippen LogP contribution in [0.4, 0.5) is 0 Å². The molecule has 0 N–H and O–H groups in total. The standard InChI is InChI=1S/C12H14O4S/c1-7(6-13)5-12(4)10(16-9(3)14)8(2)11(15)17-12/h5-6H,1-4H3/b7-5+/t12-/m1/s1. The highest BCUT2D eigenvalue weighted by Crippen LogP contribution is 2.45. The number of thioether (sulfide) groups is 1. The van der Waals surface area contributed by atoms with Crippen molar-refractivity contribution in [3.05, 3.63) is 23.0 Å². The molecule has 0 saturated carbocycles. The number of ether oxygens (including phenoxy) is 1. The van der Waals surface area contributed by atoms with E-state index in [1.165, 1.54) is 6.92 Å². The minimum Gasteiger partial charge on any atom is -0.429 e. The average Bonchev–Trinajstić information content (AvgIpc) is 2.41. The van der Waals surface area contributed by atoms with Gasteiger partial charge in [0.15, 0.2) is 0 Å². The van der Waals surface area contributed by atoms with Crippen LogP contribution in [0.3, 0.4) is 0 Å². The first-order valence-electron chi connectivity index (χ1n) is 5.08. The molecule has 0 bridgehead atoms. The molecule has 0 spiro atoms. The van der Waals surface area contributed by atoms with Gasteiger partial charge in [0.1, 0.15) is 12.0 Å². The predicted octanol–water partition coefficient (Wildman–Crippen LogP) is 2.00. The van der Waals surface area contributed by atoms with Crippen LogP contribution >= 0.6 is 11.8 Å². The predicted molar refractivity (Wildman–Crippen MR) is 65.3 cm³/mol. The van der Waals surface area contributed by atoms with Gasteiger partial charge in [0.05, 0.1) is 4.75 Å². The lowest BCUT2D eigenvalue weighted by atomic mass is 10.0. The number of aldehydes is 1. The summed E-state index contributed by atoms with van der Waals surface area (Å²) in [4.78, 5) is 33.3. The molecule has 4 nitrogen and oxygen atoms in total. The van der Waals surface area contributed by atoms with Gasteiger partial charge in [-0.1, -0.05) is 17.8 Å². The van der Waals surface area contributed by atoms with Crippen LogP contribution in [0.25, 0.3) is 0 Å². The summed E-state index contributed by atoms with van der Waals surface area (Å²) in [5.74, 6) is -0.153. The van der Waals surface area contributed by atoms with Crippen molar-refractivity contribution in [2.75, 3.05) is 0 Å². The quantitative estimate of drug-likeness (QED) is 0.438. The molecular formula is C12H14O4S. The Morgan fingerprint density at radius 3 is 2.47 bits per heavy atom. The lowest BCUT2D eigenvalue weighted by Crippen LogP contribution is -2.21. The summed E-state index contributed by atoms with van der Waals surface area (Å²) in [5.41, 5.74) is 0.912. The molecule has 0 aromatic heterocycles. The Labute approximate surface area is 104 Å². The molecule has 1 aliphatic rings. The number of allylic oxidation sites excluding steroid dienone is 1. The molecular weight excluding hydrogens is 240 g/mol. The second kappa shape index (κ2) is 4.87. The fourth-order valence-corrected chi connectivity index (χ4v) is 2.83. The number of carbonyl (C=O) groups excluding carboxylic acids is 3. The first-order valence-corrected chi connectivity index (χ1v) is 5.89. The van der Waals surface area contributed by atoms with Gasteiger partial charge in [-0.3, -0.25) is 14.4 Å². The zero-order valence-corrected chi connectivity index (χ0v) is 11.0. The highest BCUT2D eigenvalue weighted by atomic mass is 32.2. The van der Waals surface area contributed by atoms with Gasteiger partial charge >= 0.3 is 5.97 Å². The van der Waals surface area contributed by atoms with Crippen molar-refractivity contribution in [2.45, 2.75) is 32.4 Å². The third-order valence-electron chi connectivity index (χ3n) is 2.34. The van der Waals surface area contributed by atoms with Gasteiger partial charge in [0.25, 0.3) is 0 Å². The number of rotatable bonds is 3. The Balaban J connectivity index is 3.21. The van der Waals surface area contributed by atoms with Crippen LogP contribution in [0.15, 0.2) is 23.0 Å². The first kappa shape index (κ1) is 13.7. The summed E-state index contributed by atoms with van der Waals surface area (Å²) >= 11 is 1.04. The molecule has 0 aliphatic carbocycles. The minimum atomic E-state index is -0.780. The van der Waals surface area contributed by atoms with E-state index in [2.05, 4.69) is 0 Å². The van der Waals surface area contributed by atoms with E-state index in [-0.39, 0.29) is 5.12 Å². The van der Waals surface area contributed by atoms with Gasteiger partial charge in [0.2, 0.25) is 5.12 Å². The molecule has 0 unspecified atom stereocenters. The summed E-state index contributed by atoms with van der Waals surface area (Å²) in [5, 5.41) is -0.140. The lowest BCUT2D eigenvalue weighted by Gasteiger charge is -2.21. The fraction of sp³-hybridized carbons (Fsp3) is 0.417. The van der Waals surface area contributed by atoms with Gasteiger partial charge in [-0.25, -0.2) is 0 Å². The molecule has 1 aliphatic heterocycles. The molecule has 1 atom stereocenters. The van der Waals surface area contributed by atoms with Crippen molar-refractivity contribution in [3.8, 4) is 0 Å². The van der Waals surface area contributed by atoms with E-state index in [0.29, 0.717) is 23.2 Å². The largest absolute Gasteiger partial charge is 0.429 e. The SMILES string of the molecule is CC(=O)OC1=C(C)C(=O)S[C@]1(C)/C=C(\C)C=O. The normalized spacial score (nSPS) is 25.2. The van der Waals surface area contributed by atoms with E-state index >= 15 is 0 Å². The third kappa shape index (κ3) is 2.85. The van der Waals surface area contributed by atoms with Crippen LogP contribution in [-0.4, -0.2) is 22.1 Å². The number of carbonyl (C=O) groups is 3. The Kier molecular flexibility index (Phi) is 3.93. The second-order valence-electron chi connectivity index (χ2n) is 4.05. The summed E-state index contributed by atoms with van der Waals surface area (Å²) in [6.45, 7) is 6.28. The molecule has 0 amide bonds. The number of hydrogen-bond donors (Lipinski definition) is 0. The minimum absolute atomic E-state index is 0.140. The van der Waals surface area contributed by atoms with E-state index in [4.69, 9.17) is 4.74 Å². The smallest absolute Gasteiger partial charge is 0.307 e. The molecule has 0 fully saturated rings. The van der Waals surface area contributed by atoms with Crippen molar-refractivity contribution in [1.82, 2.24) is 0 Å². The molecule has 17 heavy (non-hydrogen) atoms. The van der Waals surface area contributed by atoms with Crippen molar-refractivity contribution >= 4 is 29.1 Å². The molecule has 0 radical (unpaired) electrons. The Morgan fingerprint density at radius 1 is 1.41 bits per heavy atom. The molecule has 5 heteroatoms. The topological polar surface area (TPSA) is 60.4 Å². The van der Waals surface area contributed by atoms with E-state index in [0.717, 1.165) is 11.8 Å². The fourth-order valence-electron chi connectivity index (χ4n) is 1.67. The van der Waals surface area contributed by atoms with Crippen LogP contribution in [0.1, 0.15) is 27.7 Å². The van der Waals surface area contributed by atoms with Crippen molar-refractivity contribution in [1.29, 1.82) is 0 Å². The maximum atomic E-state index is 11.6. The Morgan fingerprint density at radius 2 is 2.00 bits per heavy atom. The van der Waals surface area contributed by atoms with Gasteiger partial charge in [-0.15, -0.1) is 0 Å². The summed E-state index contributed by atoms with van der Waals surface area (Å²) < 4.78 is 4.31. The van der Waals surface area contributed by atoms with Crippen LogP contribution in [0.2, 0.25) is 0 Å². The molecule has 92 valence electrons. The maximum absolute atomic E-state index is 11.6. The zero-order valence-electron chi connectivity index (χ0n) is 10.2. The molecule has 0 aromatic carbocycles. The maximum Gasteiger partial charge on any atom is 0.307 e. The van der Waals surface area contributed by atoms with Crippen molar-refractivity contribution in [2.24, 2.45) is 0 Å². The van der Waals surface area contributed by atoms with Crippen LogP contribution in [0.5, 0.6) is 0 Å². The van der Waals surface area contributed by atoms with Gasteiger partial charge in [-0.05, 0) is 26.3 Å². The van der Waals surface area contributed by atoms with Gasteiger partial charge in [0, 0.05) is 12.5 Å². The third-order valence-corrected chi connectivity index (χ3v) is 3.56. The molecule has 0 saturated heterocycles. The molecule has 1 heterocycles. The second-order valence-corrected chi connectivity index (χ2v) is 5.47. The number of esters is 1. The highest BCUT2D eigenvalue weighted by molar-refractivity contribution is 8.16. The van der Waals surface area contributed by atoms with Crippen molar-refractivity contribution < 1.29 is 19.1 Å². The van der Waals surface area contributed by atoms with E-state index in [1.54, 1.807) is 26.8 Å². The van der Waals surface area contributed by atoms with Crippen LogP contribution in [0, 0.1) is 0 Å². The van der Waals surface area contributed by atoms with Crippen molar-refractivity contribution in [3.63, 3.8) is 0 Å². The molecule has 1 rings (SSSR count). The molecule has 0 aromatic rings. The Bertz CT molecular complexity index is 447.